The zero-order chi connectivity index (χ0) is 26.6. The fourth-order valence-corrected chi connectivity index (χ4v) is 5.09. The Morgan fingerprint density at radius 3 is 2.44 bits per heavy atom. The zero-order valence-electron chi connectivity index (χ0n) is 22.8. The molecular formula is C30H43IO5. The summed E-state index contributed by atoms with van der Waals surface area (Å²) in [5, 5.41) is 0. The molecule has 2 rings (SSSR count). The number of carbonyl (C=O) groups excluding carboxylic acids is 1. The van der Waals surface area contributed by atoms with Crippen molar-refractivity contribution in [2.45, 2.75) is 72.5 Å². The summed E-state index contributed by atoms with van der Waals surface area (Å²) in [6, 6.07) is 7.87. The van der Waals surface area contributed by atoms with Crippen molar-refractivity contribution >= 4 is 28.9 Å². The van der Waals surface area contributed by atoms with Gasteiger partial charge in [-0.05, 0) is 84.6 Å². The number of rotatable bonds is 15. The quantitative estimate of drug-likeness (QED) is 0.0887. The molecule has 0 amide bonds. The van der Waals surface area contributed by atoms with Crippen LogP contribution >= 0.6 is 22.6 Å². The van der Waals surface area contributed by atoms with Gasteiger partial charge in [-0.2, -0.15) is 0 Å². The first kappa shape index (κ1) is 30.7. The van der Waals surface area contributed by atoms with Crippen LogP contribution in [0.15, 0.2) is 56.7 Å². The van der Waals surface area contributed by atoms with E-state index in [0.717, 1.165) is 55.3 Å². The van der Waals surface area contributed by atoms with Gasteiger partial charge < -0.3 is 18.9 Å². The van der Waals surface area contributed by atoms with Crippen molar-refractivity contribution in [3.8, 4) is 5.75 Å². The van der Waals surface area contributed by atoms with Gasteiger partial charge in [0.05, 0.1) is 26.4 Å². The van der Waals surface area contributed by atoms with Crippen LogP contribution in [-0.2, 0) is 25.6 Å². The van der Waals surface area contributed by atoms with E-state index in [2.05, 4.69) is 60.4 Å². The third kappa shape index (κ3) is 8.82. The highest BCUT2D eigenvalue weighted by atomic mass is 127. The molecule has 0 aromatic heterocycles. The van der Waals surface area contributed by atoms with Gasteiger partial charge in [-0.15, -0.1) is 0 Å². The third-order valence-electron chi connectivity index (χ3n) is 7.48. The topological polar surface area (TPSA) is 54.0 Å². The van der Waals surface area contributed by atoms with Crippen molar-refractivity contribution in [3.63, 3.8) is 0 Å². The van der Waals surface area contributed by atoms with Gasteiger partial charge >= 0.3 is 0 Å². The van der Waals surface area contributed by atoms with E-state index in [0.29, 0.717) is 24.7 Å². The van der Waals surface area contributed by atoms with Crippen LogP contribution < -0.4 is 4.74 Å². The van der Waals surface area contributed by atoms with E-state index < -0.39 is 0 Å². The summed E-state index contributed by atoms with van der Waals surface area (Å²) in [7, 11) is 3.26. The normalized spacial score (nSPS) is 23.2. The average molecular weight is 611 g/mol. The lowest BCUT2D eigenvalue weighted by Crippen LogP contribution is -2.41. The molecule has 36 heavy (non-hydrogen) atoms. The Balaban J connectivity index is 2.22. The Kier molecular flexibility index (Phi) is 13.4. The van der Waals surface area contributed by atoms with Crippen LogP contribution in [0.3, 0.4) is 0 Å². The van der Waals surface area contributed by atoms with Gasteiger partial charge in [0.2, 0.25) is 0 Å². The van der Waals surface area contributed by atoms with Crippen molar-refractivity contribution in [1.29, 1.82) is 0 Å². The van der Waals surface area contributed by atoms with Crippen LogP contribution in [0.1, 0.15) is 65.4 Å². The highest BCUT2D eigenvalue weighted by Crippen LogP contribution is 2.49. The van der Waals surface area contributed by atoms with Gasteiger partial charge in [0, 0.05) is 12.7 Å². The molecule has 0 saturated carbocycles. The summed E-state index contributed by atoms with van der Waals surface area (Å²) in [4.78, 5) is 12.3. The number of ether oxygens (including phenoxy) is 4. The molecule has 0 fully saturated rings. The molecule has 0 heterocycles. The summed E-state index contributed by atoms with van der Waals surface area (Å²) in [6.07, 6.45) is 7.95. The summed E-state index contributed by atoms with van der Waals surface area (Å²) in [5.74, 6) is 1.15. The molecule has 0 saturated heterocycles. The maximum atomic E-state index is 12.3. The van der Waals surface area contributed by atoms with E-state index in [4.69, 9.17) is 18.9 Å². The number of carbonyl (C=O) groups is 1. The molecule has 1 aromatic rings. The third-order valence-corrected chi connectivity index (χ3v) is 8.55. The number of halogens is 1. The second-order valence-corrected chi connectivity index (χ2v) is 10.7. The summed E-state index contributed by atoms with van der Waals surface area (Å²) in [5.41, 5.74) is 5.49. The van der Waals surface area contributed by atoms with Gasteiger partial charge in [-0.3, -0.25) is 4.79 Å². The Hall–Kier alpha value is -1.48. The Labute approximate surface area is 231 Å². The van der Waals surface area contributed by atoms with Crippen LogP contribution in [0, 0.1) is 11.3 Å². The standard InChI is InChI=1S/C30H43IO5/c1-22(8-7-9-23(2)17-31)14-15-30(4)24(3)16-29(36-21-33-5)27(18-32)28(30)20-35-19-25-10-12-26(34-6)13-11-25/h8,10-13,17-18,24,29H,7,9,14-16,19-21H2,1-6H3/b22-8+,23-17+/t24-,29+,30+/m1/s1. The zero-order valence-corrected chi connectivity index (χ0v) is 24.9. The van der Waals surface area contributed by atoms with Crippen LogP contribution in [0.4, 0.5) is 0 Å². The minimum absolute atomic E-state index is 0.157. The number of methoxy groups -OCH3 is 2. The predicted octanol–water partition coefficient (Wildman–Crippen LogP) is 7.59. The Bertz CT molecular complexity index is 918. The van der Waals surface area contributed by atoms with Crippen LogP contribution in [0.5, 0.6) is 5.75 Å². The molecule has 3 atom stereocenters. The van der Waals surface area contributed by atoms with Crippen LogP contribution in [0.25, 0.3) is 0 Å². The largest absolute Gasteiger partial charge is 0.497 e. The maximum absolute atomic E-state index is 12.3. The molecule has 0 bridgehead atoms. The molecular weight excluding hydrogens is 567 g/mol. The molecule has 0 spiro atoms. The minimum Gasteiger partial charge on any atom is -0.497 e. The minimum atomic E-state index is -0.273. The molecule has 6 heteroatoms. The number of hydrogen-bond donors (Lipinski definition) is 0. The van der Waals surface area contributed by atoms with Crippen molar-refractivity contribution in [2.24, 2.45) is 11.3 Å². The van der Waals surface area contributed by atoms with Gasteiger partial charge in [0.15, 0.2) is 0 Å². The average Bonchev–Trinajstić information content (AvgIpc) is 2.89. The number of benzene rings is 1. The monoisotopic (exact) mass is 610 g/mol. The first-order valence-electron chi connectivity index (χ1n) is 12.7. The lowest BCUT2D eigenvalue weighted by atomic mass is 9.62. The molecule has 1 aliphatic rings. The molecule has 1 aromatic carbocycles. The van der Waals surface area contributed by atoms with Gasteiger partial charge in [0.1, 0.15) is 18.8 Å². The first-order valence-corrected chi connectivity index (χ1v) is 13.9. The van der Waals surface area contributed by atoms with Crippen molar-refractivity contribution in [1.82, 2.24) is 0 Å². The summed E-state index contributed by atoms with van der Waals surface area (Å²) in [6.45, 7) is 9.98. The van der Waals surface area contributed by atoms with E-state index in [-0.39, 0.29) is 18.3 Å². The second-order valence-electron chi connectivity index (χ2n) is 10.1. The molecule has 200 valence electrons. The SMILES string of the molecule is COCO[C@H]1C[C@@H](C)[C@](C)(CC/C(C)=C/CC/C(C)=C/I)C(COCc2ccc(OC)cc2)=C1C=O. The lowest BCUT2D eigenvalue weighted by molar-refractivity contribution is -0.110. The molecule has 0 aliphatic heterocycles. The first-order chi connectivity index (χ1) is 17.3. The number of aldehydes is 1. The summed E-state index contributed by atoms with van der Waals surface area (Å²) < 4.78 is 24.7. The number of hydrogen-bond acceptors (Lipinski definition) is 5. The molecule has 0 unspecified atom stereocenters. The Morgan fingerprint density at radius 2 is 1.83 bits per heavy atom. The molecule has 1 aliphatic carbocycles. The second kappa shape index (κ2) is 15.7. The molecule has 5 nitrogen and oxygen atoms in total. The fraction of sp³-hybridized carbons (Fsp3) is 0.567. The Morgan fingerprint density at radius 1 is 1.11 bits per heavy atom. The van der Waals surface area contributed by atoms with Gasteiger partial charge in [-0.1, -0.05) is 65.8 Å². The number of allylic oxidation sites excluding steroid dienone is 3. The van der Waals surface area contributed by atoms with Crippen LogP contribution in [-0.4, -0.2) is 40.0 Å². The maximum Gasteiger partial charge on any atom is 0.148 e. The van der Waals surface area contributed by atoms with Crippen LogP contribution in [0.2, 0.25) is 0 Å². The summed E-state index contributed by atoms with van der Waals surface area (Å²) >= 11 is 2.30. The van der Waals surface area contributed by atoms with Crippen molar-refractivity contribution < 1.29 is 23.7 Å². The lowest BCUT2D eigenvalue weighted by Gasteiger charge is -2.45. The molecule has 0 radical (unpaired) electrons. The van der Waals surface area contributed by atoms with E-state index in [1.54, 1.807) is 14.2 Å². The van der Waals surface area contributed by atoms with Gasteiger partial charge in [-0.25, -0.2) is 0 Å². The molecule has 0 N–H and O–H groups in total. The predicted molar refractivity (Wildman–Crippen MR) is 154 cm³/mol. The van der Waals surface area contributed by atoms with E-state index in [9.17, 15) is 4.79 Å². The highest BCUT2D eigenvalue weighted by molar-refractivity contribution is 14.1. The smallest absolute Gasteiger partial charge is 0.148 e. The van der Waals surface area contributed by atoms with Gasteiger partial charge in [0.25, 0.3) is 0 Å². The highest BCUT2D eigenvalue weighted by Gasteiger charge is 2.43. The van der Waals surface area contributed by atoms with Crippen molar-refractivity contribution in [2.75, 3.05) is 27.6 Å². The fourth-order valence-electron chi connectivity index (χ4n) is 4.78. The van der Waals surface area contributed by atoms with E-state index in [1.807, 2.05) is 24.3 Å². The van der Waals surface area contributed by atoms with E-state index >= 15 is 0 Å². The van der Waals surface area contributed by atoms with E-state index in [1.165, 1.54) is 11.1 Å². The van der Waals surface area contributed by atoms with Crippen molar-refractivity contribution in [3.05, 3.63) is 62.3 Å².